The number of benzene rings is 1. The first-order valence-electron chi connectivity index (χ1n) is 11.1. The van der Waals surface area contributed by atoms with E-state index in [4.69, 9.17) is 4.74 Å². The monoisotopic (exact) mass is 403 g/mol. The van der Waals surface area contributed by atoms with Crippen molar-refractivity contribution in [3.63, 3.8) is 0 Å². The Balaban J connectivity index is 2.15. The number of methoxy groups -OCH3 is 1. The normalized spacial score (nSPS) is 14.7. The quantitative estimate of drug-likeness (QED) is 0.513. The summed E-state index contributed by atoms with van der Waals surface area (Å²) in [6, 6.07) is 5.71. The van der Waals surface area contributed by atoms with Crippen LogP contribution in [0.3, 0.4) is 0 Å². The van der Waals surface area contributed by atoms with E-state index < -0.39 is 0 Å². The maximum absolute atomic E-state index is 12.9. The molecule has 0 aromatic heterocycles. The molecule has 0 aliphatic carbocycles. The Morgan fingerprint density at radius 2 is 1.93 bits per heavy atom. The van der Waals surface area contributed by atoms with Crippen LogP contribution in [0, 0.1) is 5.92 Å². The van der Waals surface area contributed by atoms with Crippen LogP contribution in [-0.4, -0.2) is 45.2 Å². The zero-order valence-corrected chi connectivity index (χ0v) is 18.3. The van der Waals surface area contributed by atoms with Crippen LogP contribution in [0.25, 0.3) is 0 Å². The van der Waals surface area contributed by atoms with Crippen molar-refractivity contribution in [3.05, 3.63) is 23.8 Å². The Bertz CT molecular complexity index is 657. The van der Waals surface area contributed by atoms with E-state index in [1.165, 1.54) is 0 Å². The number of hydrogen-bond acceptors (Lipinski definition) is 4. The largest absolute Gasteiger partial charge is 0.385 e. The van der Waals surface area contributed by atoms with E-state index in [-0.39, 0.29) is 17.7 Å². The summed E-state index contributed by atoms with van der Waals surface area (Å²) in [5.74, 6) is -0.0435. The molecule has 2 rings (SSSR count). The smallest absolute Gasteiger partial charge is 0.253 e. The summed E-state index contributed by atoms with van der Waals surface area (Å²) < 4.78 is 5.05. The molecule has 6 nitrogen and oxygen atoms in total. The van der Waals surface area contributed by atoms with Crippen LogP contribution in [0.1, 0.15) is 69.2 Å². The number of nitrogens with zero attached hydrogens (tertiary/aromatic N) is 1. The van der Waals surface area contributed by atoms with Gasteiger partial charge >= 0.3 is 0 Å². The maximum Gasteiger partial charge on any atom is 0.253 e. The van der Waals surface area contributed by atoms with Crippen molar-refractivity contribution in [3.8, 4) is 0 Å². The standard InChI is InChI=1S/C23H37N3O3/c1-4-6-10-18(5-2)22(27)25-19-11-12-21(26-14-7-8-15-26)20(17-19)23(28)24-13-9-16-29-3/h11-12,17-18H,4-10,13-16H2,1-3H3,(H,24,28)(H,25,27)/t18-/m1/s1. The SMILES string of the molecule is CCCC[C@@H](CC)C(=O)Nc1ccc(N2CCCC2)c(C(=O)NCCCOC)c1. The summed E-state index contributed by atoms with van der Waals surface area (Å²) in [6.07, 6.45) is 6.91. The molecule has 29 heavy (non-hydrogen) atoms. The molecule has 1 aromatic carbocycles. The second-order valence-corrected chi connectivity index (χ2v) is 7.76. The molecule has 1 aromatic rings. The molecule has 1 aliphatic rings. The number of anilines is 2. The van der Waals surface area contributed by atoms with Crippen LogP contribution in [0.15, 0.2) is 18.2 Å². The van der Waals surface area contributed by atoms with Gasteiger partial charge < -0.3 is 20.3 Å². The van der Waals surface area contributed by atoms with Crippen LogP contribution >= 0.6 is 0 Å². The highest BCUT2D eigenvalue weighted by molar-refractivity contribution is 6.02. The number of nitrogens with one attached hydrogen (secondary N) is 2. The third kappa shape index (κ3) is 7.03. The van der Waals surface area contributed by atoms with Crippen LogP contribution < -0.4 is 15.5 Å². The van der Waals surface area contributed by atoms with Gasteiger partial charge in [0.1, 0.15) is 0 Å². The molecule has 0 spiro atoms. The molecule has 2 N–H and O–H groups in total. The fourth-order valence-electron chi connectivity index (χ4n) is 3.76. The van der Waals surface area contributed by atoms with Crippen LogP contribution in [-0.2, 0) is 9.53 Å². The molecule has 1 saturated heterocycles. The predicted octanol–water partition coefficient (Wildman–Crippen LogP) is 4.21. The Labute approximate surface area is 175 Å². The van der Waals surface area contributed by atoms with Gasteiger partial charge in [-0.2, -0.15) is 0 Å². The van der Waals surface area contributed by atoms with Gasteiger partial charge in [0.2, 0.25) is 5.91 Å². The van der Waals surface area contributed by atoms with Gasteiger partial charge in [-0.3, -0.25) is 9.59 Å². The maximum atomic E-state index is 12.9. The Morgan fingerprint density at radius 1 is 1.17 bits per heavy atom. The number of carbonyl (C=O) groups is 2. The second kappa shape index (κ2) is 12.5. The van der Waals surface area contributed by atoms with Crippen molar-refractivity contribution in [2.45, 2.75) is 58.8 Å². The summed E-state index contributed by atoms with van der Waals surface area (Å²) in [4.78, 5) is 27.8. The molecule has 1 aliphatic heterocycles. The van der Waals surface area contributed by atoms with Crippen LogP contribution in [0.5, 0.6) is 0 Å². The lowest BCUT2D eigenvalue weighted by molar-refractivity contribution is -0.120. The van der Waals surface area contributed by atoms with Gasteiger partial charge in [0.05, 0.1) is 5.56 Å². The predicted molar refractivity (Wildman–Crippen MR) is 119 cm³/mol. The molecule has 0 unspecified atom stereocenters. The molecule has 1 fully saturated rings. The molecule has 6 heteroatoms. The van der Waals surface area contributed by atoms with Crippen LogP contribution in [0.2, 0.25) is 0 Å². The summed E-state index contributed by atoms with van der Waals surface area (Å²) in [6.45, 7) is 7.30. The highest BCUT2D eigenvalue weighted by Crippen LogP contribution is 2.28. The van der Waals surface area contributed by atoms with Crippen molar-refractivity contribution >= 4 is 23.2 Å². The van der Waals surface area contributed by atoms with E-state index in [1.807, 2.05) is 18.2 Å². The summed E-state index contributed by atoms with van der Waals surface area (Å²) in [5, 5.41) is 6.02. The third-order valence-corrected chi connectivity index (χ3v) is 5.54. The summed E-state index contributed by atoms with van der Waals surface area (Å²) in [7, 11) is 1.66. The topological polar surface area (TPSA) is 70.7 Å². The van der Waals surface area contributed by atoms with Gasteiger partial charge in [-0.1, -0.05) is 26.7 Å². The molecule has 0 radical (unpaired) electrons. The molecule has 0 saturated carbocycles. The van der Waals surface area contributed by atoms with E-state index >= 15 is 0 Å². The minimum absolute atomic E-state index is 0.0135. The van der Waals surface area contributed by atoms with Crippen molar-refractivity contribution < 1.29 is 14.3 Å². The van der Waals surface area contributed by atoms with E-state index in [0.717, 1.165) is 63.7 Å². The number of unbranched alkanes of at least 4 members (excludes halogenated alkanes) is 1. The van der Waals surface area contributed by atoms with Crippen molar-refractivity contribution in [2.24, 2.45) is 5.92 Å². The number of carbonyl (C=O) groups excluding carboxylic acids is 2. The summed E-state index contributed by atoms with van der Waals surface area (Å²) in [5.41, 5.74) is 2.27. The fourth-order valence-corrected chi connectivity index (χ4v) is 3.76. The molecule has 1 heterocycles. The van der Waals surface area contributed by atoms with E-state index in [2.05, 4.69) is 29.4 Å². The van der Waals surface area contributed by atoms with E-state index in [0.29, 0.717) is 24.4 Å². The lowest BCUT2D eigenvalue weighted by Crippen LogP contribution is -2.29. The molecular weight excluding hydrogens is 366 g/mol. The number of hydrogen-bond donors (Lipinski definition) is 2. The second-order valence-electron chi connectivity index (χ2n) is 7.76. The Hall–Kier alpha value is -2.08. The lowest BCUT2D eigenvalue weighted by Gasteiger charge is -2.22. The van der Waals surface area contributed by atoms with Gasteiger partial charge in [-0.05, 0) is 50.3 Å². The molecule has 0 bridgehead atoms. The Morgan fingerprint density at radius 3 is 2.59 bits per heavy atom. The molecule has 2 amide bonds. The van der Waals surface area contributed by atoms with Crippen LogP contribution in [0.4, 0.5) is 11.4 Å². The first kappa shape index (κ1) is 23.2. The van der Waals surface area contributed by atoms with Gasteiger partial charge in [0.25, 0.3) is 5.91 Å². The van der Waals surface area contributed by atoms with Crippen molar-refractivity contribution in [2.75, 3.05) is 43.6 Å². The number of amides is 2. The zero-order chi connectivity index (χ0) is 21.1. The number of rotatable bonds is 12. The lowest BCUT2D eigenvalue weighted by atomic mass is 9.98. The van der Waals surface area contributed by atoms with Gasteiger partial charge in [-0.25, -0.2) is 0 Å². The van der Waals surface area contributed by atoms with Gasteiger partial charge in [0.15, 0.2) is 0 Å². The zero-order valence-electron chi connectivity index (χ0n) is 18.3. The van der Waals surface area contributed by atoms with E-state index in [1.54, 1.807) is 7.11 Å². The third-order valence-electron chi connectivity index (χ3n) is 5.54. The molecule has 1 atom stereocenters. The minimum Gasteiger partial charge on any atom is -0.385 e. The highest BCUT2D eigenvalue weighted by atomic mass is 16.5. The average Bonchev–Trinajstić information content (AvgIpc) is 3.26. The van der Waals surface area contributed by atoms with Gasteiger partial charge in [0, 0.05) is 50.6 Å². The van der Waals surface area contributed by atoms with Gasteiger partial charge in [-0.15, -0.1) is 0 Å². The highest BCUT2D eigenvalue weighted by Gasteiger charge is 2.21. The molecule has 162 valence electrons. The fraction of sp³-hybridized carbons (Fsp3) is 0.652. The molecular formula is C23H37N3O3. The van der Waals surface area contributed by atoms with Crippen molar-refractivity contribution in [1.82, 2.24) is 5.32 Å². The number of ether oxygens (including phenoxy) is 1. The Kier molecular flexibility index (Phi) is 9.98. The summed E-state index contributed by atoms with van der Waals surface area (Å²) >= 11 is 0. The first-order chi connectivity index (χ1) is 14.1. The first-order valence-corrected chi connectivity index (χ1v) is 11.1. The average molecular weight is 404 g/mol. The van der Waals surface area contributed by atoms with E-state index in [9.17, 15) is 9.59 Å². The minimum atomic E-state index is -0.0999. The van der Waals surface area contributed by atoms with Crippen molar-refractivity contribution in [1.29, 1.82) is 0 Å².